The van der Waals surface area contributed by atoms with Crippen molar-refractivity contribution in [3.8, 4) is 5.75 Å². The molecule has 0 heterocycles. The normalized spacial score (nSPS) is 16.6. The number of methoxy groups -OCH3 is 1. The molecule has 0 unspecified atom stereocenters. The molecular weight excluding hydrogens is 540 g/mol. The number of halogens is 1. The Morgan fingerprint density at radius 2 is 1.68 bits per heavy atom. The van der Waals surface area contributed by atoms with E-state index in [1.165, 1.54) is 26.2 Å². The number of Topliss-reactive ketones (excluding diaryl/α,β-unsaturated/α-hetero) is 1. The number of hydrogen-bond donors (Lipinski definition) is 2. The van der Waals surface area contributed by atoms with Crippen LogP contribution in [0.1, 0.15) is 101 Å². The van der Waals surface area contributed by atoms with E-state index in [0.29, 0.717) is 23.6 Å². The zero-order valence-electron chi connectivity index (χ0n) is 25.9. The van der Waals surface area contributed by atoms with E-state index in [0.717, 1.165) is 46.9 Å². The molecule has 2 amide bonds. The van der Waals surface area contributed by atoms with Crippen LogP contribution in [0.2, 0.25) is 5.02 Å². The fourth-order valence-electron chi connectivity index (χ4n) is 5.07. The van der Waals surface area contributed by atoms with Crippen molar-refractivity contribution >= 4 is 35.1 Å². The second kappa shape index (κ2) is 15.8. The molecule has 2 aromatic carbocycles. The second-order valence-corrected chi connectivity index (χ2v) is 12.0. The summed E-state index contributed by atoms with van der Waals surface area (Å²) in [5.74, 6) is 1.89. The van der Waals surface area contributed by atoms with Crippen LogP contribution in [0.3, 0.4) is 0 Å². The molecule has 1 aliphatic rings. The molecule has 0 aromatic heterocycles. The van der Waals surface area contributed by atoms with Crippen molar-refractivity contribution in [1.82, 2.24) is 5.32 Å². The first kappa shape index (κ1) is 34.1. The highest BCUT2D eigenvalue weighted by molar-refractivity contribution is 6.34. The van der Waals surface area contributed by atoms with Crippen LogP contribution in [0.25, 0.3) is 0 Å². The molecule has 1 aliphatic carbocycles. The molecule has 0 atom stereocenters. The number of nitrogens with one attached hydrogen (secondary N) is 2. The van der Waals surface area contributed by atoms with Gasteiger partial charge in [0.05, 0.1) is 12.1 Å². The first-order chi connectivity index (χ1) is 19.3. The van der Waals surface area contributed by atoms with Crippen molar-refractivity contribution in [2.75, 3.05) is 12.4 Å². The summed E-state index contributed by atoms with van der Waals surface area (Å²) in [6.45, 7) is 13.4. The van der Waals surface area contributed by atoms with E-state index in [1.54, 1.807) is 33.9 Å². The van der Waals surface area contributed by atoms with Gasteiger partial charge in [0.1, 0.15) is 11.4 Å². The minimum absolute atomic E-state index is 0.0732. The Morgan fingerprint density at radius 1 is 1.02 bits per heavy atom. The van der Waals surface area contributed by atoms with Crippen LogP contribution >= 0.6 is 11.6 Å². The number of ketones is 1. The fourth-order valence-corrected chi connectivity index (χ4v) is 5.38. The Morgan fingerprint density at radius 3 is 2.22 bits per heavy atom. The summed E-state index contributed by atoms with van der Waals surface area (Å²) < 4.78 is 10.5. The standard InChI is InChI=1S/C17H25NO2.C16H22ClNO3/c1-4-13-6-8-14(9-7-13)17(19)18-15-10-5-12(2)16(11-15)20-3;1-6-12-11(7-8-13(17)14(12)10(2)19)9-18-15(20)21-16(3,4)5/h5,10-11,13-14H,4,6-9H2,1-3H3,(H,18,19);7-8H,6,9H2,1-5H3,(H,18,20). The number of hydrogen-bond acceptors (Lipinski definition) is 5. The molecule has 2 aromatic rings. The average molecular weight is 587 g/mol. The molecular formula is C33H47ClN2O5. The van der Waals surface area contributed by atoms with Crippen LogP contribution in [-0.2, 0) is 22.5 Å². The smallest absolute Gasteiger partial charge is 0.407 e. The SMILES string of the molecule is CCC1CCC(C(=O)Nc2ccc(C)c(OC)c2)CC1.CCc1c(CNC(=O)OC(C)(C)C)ccc(Cl)c1C(C)=O. The maximum Gasteiger partial charge on any atom is 0.407 e. The van der Waals surface area contributed by atoms with Crippen LogP contribution in [-0.4, -0.2) is 30.5 Å². The summed E-state index contributed by atoms with van der Waals surface area (Å²) >= 11 is 6.09. The highest BCUT2D eigenvalue weighted by atomic mass is 35.5. The third-order valence-electron chi connectivity index (χ3n) is 7.36. The molecule has 1 saturated carbocycles. The number of carbonyl (C=O) groups excluding carboxylic acids is 3. The molecule has 2 N–H and O–H groups in total. The van der Waals surface area contributed by atoms with Gasteiger partial charge in [0.2, 0.25) is 5.91 Å². The van der Waals surface area contributed by atoms with Crippen LogP contribution in [0.15, 0.2) is 30.3 Å². The predicted molar refractivity (Wildman–Crippen MR) is 166 cm³/mol. The van der Waals surface area contributed by atoms with Crippen molar-refractivity contribution in [1.29, 1.82) is 0 Å². The van der Waals surface area contributed by atoms with Crippen molar-refractivity contribution < 1.29 is 23.9 Å². The molecule has 0 bridgehead atoms. The van der Waals surface area contributed by atoms with E-state index in [-0.39, 0.29) is 17.6 Å². The molecule has 226 valence electrons. The number of anilines is 1. The van der Waals surface area contributed by atoms with Crippen LogP contribution in [0.4, 0.5) is 10.5 Å². The Balaban J connectivity index is 0.000000287. The lowest BCUT2D eigenvalue weighted by Gasteiger charge is -2.27. The topological polar surface area (TPSA) is 93.7 Å². The van der Waals surface area contributed by atoms with Gasteiger partial charge in [0.25, 0.3) is 0 Å². The number of aryl methyl sites for hydroxylation is 1. The first-order valence-corrected chi connectivity index (χ1v) is 14.9. The second-order valence-electron chi connectivity index (χ2n) is 11.6. The summed E-state index contributed by atoms with van der Waals surface area (Å²) in [6, 6.07) is 9.31. The molecule has 41 heavy (non-hydrogen) atoms. The largest absolute Gasteiger partial charge is 0.496 e. The number of benzene rings is 2. The van der Waals surface area contributed by atoms with Gasteiger partial charge >= 0.3 is 6.09 Å². The lowest BCUT2D eigenvalue weighted by Crippen LogP contribution is -2.32. The van der Waals surface area contributed by atoms with Gasteiger partial charge in [-0.1, -0.05) is 44.0 Å². The summed E-state index contributed by atoms with van der Waals surface area (Å²) in [7, 11) is 1.65. The monoisotopic (exact) mass is 586 g/mol. The summed E-state index contributed by atoms with van der Waals surface area (Å²) in [4.78, 5) is 35.7. The maximum atomic E-state index is 12.3. The quantitative estimate of drug-likeness (QED) is 0.303. The Hall–Kier alpha value is -3.06. The average Bonchev–Trinajstić information content (AvgIpc) is 2.92. The minimum atomic E-state index is -0.539. The van der Waals surface area contributed by atoms with E-state index < -0.39 is 11.7 Å². The Bertz CT molecular complexity index is 1200. The lowest BCUT2D eigenvalue weighted by atomic mass is 9.80. The van der Waals surface area contributed by atoms with Gasteiger partial charge in [-0.25, -0.2) is 4.79 Å². The summed E-state index contributed by atoms with van der Waals surface area (Å²) in [5, 5.41) is 6.17. The van der Waals surface area contributed by atoms with E-state index >= 15 is 0 Å². The molecule has 1 fully saturated rings. The van der Waals surface area contributed by atoms with Crippen LogP contribution < -0.4 is 15.4 Å². The van der Waals surface area contributed by atoms with Crippen molar-refractivity contribution in [2.45, 2.75) is 99.1 Å². The number of rotatable bonds is 8. The highest BCUT2D eigenvalue weighted by Gasteiger charge is 2.25. The maximum absolute atomic E-state index is 12.3. The van der Waals surface area contributed by atoms with Crippen molar-refractivity contribution in [2.24, 2.45) is 11.8 Å². The van der Waals surface area contributed by atoms with Gasteiger partial charge in [0, 0.05) is 29.8 Å². The molecule has 0 radical (unpaired) electrons. The molecule has 3 rings (SSSR count). The van der Waals surface area contributed by atoms with E-state index in [9.17, 15) is 14.4 Å². The van der Waals surface area contributed by atoms with Crippen molar-refractivity contribution in [3.05, 3.63) is 57.6 Å². The number of carbonyl (C=O) groups is 3. The summed E-state index contributed by atoms with van der Waals surface area (Å²) in [6.07, 6.45) is 5.84. The van der Waals surface area contributed by atoms with Gasteiger partial charge in [-0.05, 0) is 101 Å². The minimum Gasteiger partial charge on any atom is -0.496 e. The fraction of sp³-hybridized carbons (Fsp3) is 0.545. The molecule has 0 aliphatic heterocycles. The van der Waals surface area contributed by atoms with E-state index in [4.69, 9.17) is 21.1 Å². The zero-order chi connectivity index (χ0) is 30.7. The number of alkyl carbamates (subject to hydrolysis) is 1. The van der Waals surface area contributed by atoms with Gasteiger partial charge in [-0.3, -0.25) is 9.59 Å². The van der Waals surface area contributed by atoms with Crippen LogP contribution in [0, 0.1) is 18.8 Å². The predicted octanol–water partition coefficient (Wildman–Crippen LogP) is 8.29. The molecule has 0 saturated heterocycles. The van der Waals surface area contributed by atoms with Crippen LogP contribution in [0.5, 0.6) is 5.75 Å². The van der Waals surface area contributed by atoms with E-state index in [1.807, 2.05) is 38.1 Å². The third kappa shape index (κ3) is 10.7. The molecule has 0 spiro atoms. The van der Waals surface area contributed by atoms with E-state index in [2.05, 4.69) is 17.6 Å². The zero-order valence-corrected chi connectivity index (χ0v) is 26.7. The Kier molecular flexibility index (Phi) is 13.2. The molecule has 8 heteroatoms. The van der Waals surface area contributed by atoms with Crippen molar-refractivity contribution in [3.63, 3.8) is 0 Å². The Labute approximate surface area is 250 Å². The third-order valence-corrected chi connectivity index (χ3v) is 7.67. The highest BCUT2D eigenvalue weighted by Crippen LogP contribution is 2.32. The number of amides is 2. The van der Waals surface area contributed by atoms with Gasteiger partial charge in [0.15, 0.2) is 5.78 Å². The lowest BCUT2D eigenvalue weighted by molar-refractivity contribution is -0.121. The van der Waals surface area contributed by atoms with Gasteiger partial charge < -0.3 is 20.1 Å². The first-order valence-electron chi connectivity index (χ1n) is 14.5. The number of ether oxygens (including phenoxy) is 2. The van der Waals surface area contributed by atoms with Gasteiger partial charge in [-0.2, -0.15) is 0 Å². The van der Waals surface area contributed by atoms with Gasteiger partial charge in [-0.15, -0.1) is 0 Å². The summed E-state index contributed by atoms with van der Waals surface area (Å²) in [5.41, 5.74) is 3.64. The molecule has 7 nitrogen and oxygen atoms in total.